The van der Waals surface area contributed by atoms with Gasteiger partial charge in [0.1, 0.15) is 0 Å². The minimum Gasteiger partial charge on any atom is -0.465 e. The Morgan fingerprint density at radius 3 is 1.56 bits per heavy atom. The van der Waals surface area contributed by atoms with Gasteiger partial charge < -0.3 is 10.8 Å². The van der Waals surface area contributed by atoms with Crippen molar-refractivity contribution in [1.29, 1.82) is 0 Å². The maximum atomic E-state index is 9.19. The SMILES string of the molecule is CS(=O)(=O)O.NC(=O)O. The fraction of sp³-hybridized carbons (Fsp3) is 0.500. The number of carboxylic acid groups (broad SMARTS) is 1. The number of primary amides is 1. The summed E-state index contributed by atoms with van der Waals surface area (Å²) in [4.78, 5) is 8.78. The van der Waals surface area contributed by atoms with Crippen LogP contribution in [0.3, 0.4) is 0 Å². The highest BCUT2D eigenvalue weighted by Crippen LogP contribution is 1.60. The van der Waals surface area contributed by atoms with Gasteiger partial charge in [0.05, 0.1) is 6.26 Å². The van der Waals surface area contributed by atoms with E-state index in [0.717, 1.165) is 0 Å². The van der Waals surface area contributed by atoms with Gasteiger partial charge in [-0.25, -0.2) is 4.79 Å². The van der Waals surface area contributed by atoms with Crippen LogP contribution in [0.4, 0.5) is 4.79 Å². The van der Waals surface area contributed by atoms with Crippen LogP contribution >= 0.6 is 0 Å². The number of amides is 1. The van der Waals surface area contributed by atoms with Gasteiger partial charge in [0.25, 0.3) is 10.1 Å². The predicted octanol–water partition coefficient (Wildman–Crippen LogP) is -0.873. The molecule has 0 aromatic carbocycles. The molecule has 9 heavy (non-hydrogen) atoms. The molecule has 0 bridgehead atoms. The van der Waals surface area contributed by atoms with Gasteiger partial charge in [-0.2, -0.15) is 8.42 Å². The summed E-state index contributed by atoms with van der Waals surface area (Å²) in [6.07, 6.45) is -0.618. The van der Waals surface area contributed by atoms with Crippen molar-refractivity contribution in [2.75, 3.05) is 6.26 Å². The van der Waals surface area contributed by atoms with Crippen molar-refractivity contribution in [3.8, 4) is 0 Å². The summed E-state index contributed by atoms with van der Waals surface area (Å²) >= 11 is 0. The van der Waals surface area contributed by atoms with Gasteiger partial charge >= 0.3 is 6.09 Å². The van der Waals surface area contributed by atoms with E-state index < -0.39 is 16.2 Å². The second kappa shape index (κ2) is 4.10. The van der Waals surface area contributed by atoms with Gasteiger partial charge in [-0.05, 0) is 0 Å². The van der Waals surface area contributed by atoms with Crippen molar-refractivity contribution in [3.63, 3.8) is 0 Å². The first-order chi connectivity index (χ1) is 3.73. The Hall–Kier alpha value is -0.820. The lowest BCUT2D eigenvalue weighted by atomic mass is 11.3. The minimum atomic E-state index is -3.67. The van der Waals surface area contributed by atoms with Crippen LogP contribution in [0.25, 0.3) is 0 Å². The third kappa shape index (κ3) is 287. The molecular formula is C2H7NO5S. The molecule has 0 heterocycles. The molecule has 0 atom stereocenters. The molecule has 0 aromatic rings. The number of hydrogen-bond acceptors (Lipinski definition) is 3. The van der Waals surface area contributed by atoms with E-state index >= 15 is 0 Å². The van der Waals surface area contributed by atoms with Crippen molar-refractivity contribution in [2.45, 2.75) is 0 Å². The summed E-state index contributed by atoms with van der Waals surface area (Å²) in [5.41, 5.74) is 4.03. The standard InChI is InChI=1S/CH3NO2.CH4O3S/c2-1(3)4;1-5(2,3)4/h2H2,(H,3,4);1H3,(H,2,3,4). The number of rotatable bonds is 0. The van der Waals surface area contributed by atoms with Crippen LogP contribution < -0.4 is 5.73 Å². The summed E-state index contributed by atoms with van der Waals surface area (Å²) in [5, 5.41) is 7.19. The van der Waals surface area contributed by atoms with Gasteiger partial charge in [-0.1, -0.05) is 0 Å². The van der Waals surface area contributed by atoms with Crippen LogP contribution in [0, 0.1) is 0 Å². The van der Waals surface area contributed by atoms with Crippen LogP contribution in [0.1, 0.15) is 0 Å². The molecule has 0 unspecified atom stereocenters. The average Bonchev–Trinajstić information content (AvgIpc) is 1.19. The summed E-state index contributed by atoms with van der Waals surface area (Å²) in [5.74, 6) is 0. The van der Waals surface area contributed by atoms with E-state index in [1.54, 1.807) is 0 Å². The molecular weight excluding hydrogens is 150 g/mol. The molecule has 0 aliphatic rings. The van der Waals surface area contributed by atoms with E-state index in [4.69, 9.17) is 14.5 Å². The number of nitrogens with two attached hydrogens (primary N) is 1. The van der Waals surface area contributed by atoms with Gasteiger partial charge in [0.2, 0.25) is 0 Å². The van der Waals surface area contributed by atoms with Gasteiger partial charge in [0, 0.05) is 0 Å². The number of hydrogen-bond donors (Lipinski definition) is 3. The molecule has 0 aliphatic carbocycles. The Balaban J connectivity index is 0. The smallest absolute Gasteiger partial charge is 0.402 e. The number of carbonyl (C=O) groups is 1. The Morgan fingerprint density at radius 1 is 1.56 bits per heavy atom. The Labute approximate surface area is 52.0 Å². The molecule has 4 N–H and O–H groups in total. The Morgan fingerprint density at radius 2 is 1.56 bits per heavy atom. The average molecular weight is 157 g/mol. The van der Waals surface area contributed by atoms with E-state index in [0.29, 0.717) is 6.26 Å². The molecule has 0 fully saturated rings. The normalized spacial score (nSPS) is 9.11. The van der Waals surface area contributed by atoms with Crippen LogP contribution in [0.2, 0.25) is 0 Å². The lowest BCUT2D eigenvalue weighted by Gasteiger charge is -1.69. The largest absolute Gasteiger partial charge is 0.465 e. The summed E-state index contributed by atoms with van der Waals surface area (Å²) in [6, 6.07) is 0. The van der Waals surface area contributed by atoms with Crippen LogP contribution in [-0.2, 0) is 10.1 Å². The molecule has 0 aromatic heterocycles. The quantitative estimate of drug-likeness (QED) is 0.395. The van der Waals surface area contributed by atoms with E-state index in [-0.39, 0.29) is 0 Å². The highest BCUT2D eigenvalue weighted by atomic mass is 32.2. The van der Waals surface area contributed by atoms with Crippen LogP contribution in [0.5, 0.6) is 0 Å². The van der Waals surface area contributed by atoms with Crippen LogP contribution in [-0.4, -0.2) is 30.4 Å². The van der Waals surface area contributed by atoms with Crippen LogP contribution in [0.15, 0.2) is 0 Å². The molecule has 1 amide bonds. The van der Waals surface area contributed by atoms with Gasteiger partial charge in [-0.15, -0.1) is 0 Å². The van der Waals surface area contributed by atoms with Crippen molar-refractivity contribution in [3.05, 3.63) is 0 Å². The first-order valence-electron chi connectivity index (χ1n) is 1.64. The first kappa shape index (κ1) is 11.0. The molecule has 6 nitrogen and oxygen atoms in total. The molecule has 0 rings (SSSR count). The predicted molar refractivity (Wildman–Crippen MR) is 29.7 cm³/mol. The molecule has 56 valence electrons. The molecule has 0 spiro atoms. The van der Waals surface area contributed by atoms with Crippen molar-refractivity contribution in [1.82, 2.24) is 0 Å². The third-order valence-electron chi connectivity index (χ3n) is 0. The molecule has 0 aliphatic heterocycles. The van der Waals surface area contributed by atoms with E-state index in [9.17, 15) is 8.42 Å². The maximum absolute atomic E-state index is 9.19. The molecule has 0 saturated carbocycles. The monoisotopic (exact) mass is 157 g/mol. The fourth-order valence-electron chi connectivity index (χ4n) is 0. The Bertz CT molecular complexity index is 157. The highest BCUT2D eigenvalue weighted by molar-refractivity contribution is 7.85. The van der Waals surface area contributed by atoms with E-state index in [2.05, 4.69) is 5.73 Å². The summed E-state index contributed by atoms with van der Waals surface area (Å²) < 4.78 is 25.9. The van der Waals surface area contributed by atoms with Gasteiger partial charge in [-0.3, -0.25) is 4.55 Å². The zero-order valence-electron chi connectivity index (χ0n) is 4.60. The molecule has 7 heteroatoms. The zero-order valence-corrected chi connectivity index (χ0v) is 5.42. The van der Waals surface area contributed by atoms with Gasteiger partial charge in [0.15, 0.2) is 0 Å². The summed E-state index contributed by atoms with van der Waals surface area (Å²) in [7, 11) is -3.67. The third-order valence-corrected chi connectivity index (χ3v) is 0. The second-order valence-corrected chi connectivity index (χ2v) is 2.54. The Kier molecular flexibility index (Phi) is 5.03. The zero-order chi connectivity index (χ0) is 8.08. The molecule has 0 saturated heterocycles. The van der Waals surface area contributed by atoms with Crippen molar-refractivity contribution in [2.24, 2.45) is 5.73 Å². The summed E-state index contributed by atoms with van der Waals surface area (Å²) in [6.45, 7) is 0. The topological polar surface area (TPSA) is 118 Å². The highest BCUT2D eigenvalue weighted by Gasteiger charge is 1.81. The minimum absolute atomic E-state index is 0.715. The lowest BCUT2D eigenvalue weighted by Crippen LogP contribution is -2.03. The van der Waals surface area contributed by atoms with Crippen molar-refractivity contribution >= 4 is 16.2 Å². The van der Waals surface area contributed by atoms with E-state index in [1.807, 2.05) is 0 Å². The second-order valence-electron chi connectivity index (χ2n) is 1.07. The fourth-order valence-corrected chi connectivity index (χ4v) is 0. The maximum Gasteiger partial charge on any atom is 0.402 e. The lowest BCUT2D eigenvalue weighted by molar-refractivity contribution is 0.205. The first-order valence-corrected chi connectivity index (χ1v) is 3.49. The molecule has 0 radical (unpaired) electrons. The van der Waals surface area contributed by atoms with E-state index in [1.165, 1.54) is 0 Å². The van der Waals surface area contributed by atoms with Crippen molar-refractivity contribution < 1.29 is 22.9 Å².